The van der Waals surface area contributed by atoms with Crippen molar-refractivity contribution in [3.05, 3.63) is 144 Å². The second-order valence-electron chi connectivity index (χ2n) is 15.5. The molecule has 0 atom stereocenters. The Hall–Kier alpha value is -7.66. The molecule has 2 aromatic carbocycles. The fraction of sp³-hybridized carbons (Fsp3) is 0.167. The smallest absolute Gasteiger partial charge is 0.335 e. The lowest BCUT2D eigenvalue weighted by molar-refractivity contribution is 0.393. The van der Waals surface area contributed by atoms with E-state index >= 15 is 0 Å². The molecule has 356 valence electrons. The van der Waals surface area contributed by atoms with Gasteiger partial charge in [0.05, 0.1) is 45.3 Å². The maximum Gasteiger partial charge on any atom is 0.335 e. The Kier molecular flexibility index (Phi) is 15.6. The highest BCUT2D eigenvalue weighted by atomic mass is 32.2. The van der Waals surface area contributed by atoms with Crippen molar-refractivity contribution in [2.24, 2.45) is 0 Å². The molecule has 0 aliphatic carbocycles. The van der Waals surface area contributed by atoms with Crippen molar-refractivity contribution in [2.45, 2.75) is 51.9 Å². The highest BCUT2D eigenvalue weighted by molar-refractivity contribution is 7.98. The summed E-state index contributed by atoms with van der Waals surface area (Å²) >= 11 is 0.0368. The largest absolute Gasteiger partial charge is 0.361 e. The first-order valence-electron chi connectivity index (χ1n) is 20.9. The van der Waals surface area contributed by atoms with Crippen LogP contribution in [-0.4, -0.2) is 87.1 Å². The summed E-state index contributed by atoms with van der Waals surface area (Å²) in [6.45, 7) is 11.5. The number of rotatable bonds is 8. The van der Waals surface area contributed by atoms with Crippen molar-refractivity contribution in [2.75, 3.05) is 12.5 Å². The van der Waals surface area contributed by atoms with E-state index in [1.165, 1.54) is 18.0 Å². The Morgan fingerprint density at radius 3 is 1.34 bits per heavy atom. The van der Waals surface area contributed by atoms with Gasteiger partial charge in [0.1, 0.15) is 22.8 Å². The molecule has 0 saturated carbocycles. The van der Waals surface area contributed by atoms with Gasteiger partial charge < -0.3 is 18.2 Å². The summed E-state index contributed by atoms with van der Waals surface area (Å²) in [6, 6.07) is 28.1. The monoisotopic (exact) mass is 1010 g/mol. The molecule has 18 nitrogen and oxygen atoms in total. The van der Waals surface area contributed by atoms with Crippen LogP contribution in [0.25, 0.3) is 78.5 Å². The molecule has 10 rings (SSSR count). The van der Waals surface area contributed by atoms with E-state index in [2.05, 4.69) is 54.2 Å². The Morgan fingerprint density at radius 2 is 0.957 bits per heavy atom. The molecule has 22 heteroatoms. The lowest BCUT2D eigenvalue weighted by atomic mass is 10.1. The number of sulfone groups is 1. The molecule has 0 spiro atoms. The minimum Gasteiger partial charge on any atom is -0.361 e. The first kappa shape index (κ1) is 50.2. The van der Waals surface area contributed by atoms with Crippen LogP contribution in [0.15, 0.2) is 129 Å². The molecule has 0 unspecified atom stereocenters. The van der Waals surface area contributed by atoms with Gasteiger partial charge >= 0.3 is 23.1 Å². The summed E-state index contributed by atoms with van der Waals surface area (Å²) in [4.78, 5) is 27.6. The number of hydrogen-bond donors (Lipinski definition) is 0. The van der Waals surface area contributed by atoms with Gasteiger partial charge in [0.2, 0.25) is 15.0 Å². The summed E-state index contributed by atoms with van der Waals surface area (Å²) in [7, 11) is -3.56. The predicted molar refractivity (Wildman–Crippen MR) is 266 cm³/mol. The van der Waals surface area contributed by atoms with Crippen molar-refractivity contribution in [3.63, 3.8) is 0 Å². The zero-order chi connectivity index (χ0) is 50.3. The minimum atomic E-state index is -3.56. The highest BCUT2D eigenvalue weighted by Crippen LogP contribution is 2.37. The maximum atomic E-state index is 12.1. The van der Waals surface area contributed by atoms with E-state index in [9.17, 15) is 8.42 Å². The van der Waals surface area contributed by atoms with Crippen molar-refractivity contribution < 1.29 is 34.3 Å². The molecule has 0 bridgehead atoms. The maximum absolute atomic E-state index is 12.1. The molecule has 0 N–H and O–H groups in total. The number of hydrogen-bond acceptors (Lipinski definition) is 17. The van der Waals surface area contributed by atoms with Gasteiger partial charge in [-0.25, -0.2) is 38.3 Å². The molecule has 8 heterocycles. The average Bonchev–Trinajstić information content (AvgIpc) is 4.11. The van der Waals surface area contributed by atoms with Gasteiger partial charge in [0.25, 0.3) is 0 Å². The Bertz CT molecular complexity index is 3660. The molecule has 8 aromatic heterocycles. The van der Waals surface area contributed by atoms with Crippen molar-refractivity contribution in [3.8, 4) is 56.4 Å². The summed E-state index contributed by atoms with van der Waals surface area (Å²) in [5, 5.41) is 10.6. The highest BCUT2D eigenvalue weighted by Gasteiger charge is 2.23. The number of aryl methyl sites for hydroxylation is 6. The van der Waals surface area contributed by atoms with Crippen LogP contribution in [0.1, 0.15) is 34.0 Å². The van der Waals surface area contributed by atoms with Crippen LogP contribution in [-0.2, 0) is 33.0 Å². The number of benzene rings is 2. The van der Waals surface area contributed by atoms with Crippen LogP contribution >= 0.6 is 11.8 Å². The van der Waals surface area contributed by atoms with E-state index in [-0.39, 0.29) is 5.16 Å². The van der Waals surface area contributed by atoms with Gasteiger partial charge in [0.15, 0.2) is 5.16 Å². The zero-order valence-corrected chi connectivity index (χ0v) is 42.0. The second kappa shape index (κ2) is 21.7. The average molecular weight is 1020 g/mol. The third-order valence-electron chi connectivity index (χ3n) is 10.9. The van der Waals surface area contributed by atoms with E-state index in [1.54, 1.807) is 0 Å². The van der Waals surface area contributed by atoms with Gasteiger partial charge in [-0.3, -0.25) is 0 Å². The molecular weight excluding hydrogens is 973 g/mol. The van der Waals surface area contributed by atoms with Crippen molar-refractivity contribution >= 4 is 66.8 Å². The minimum absolute atomic E-state index is 0.205. The molecule has 0 amide bonds. The number of thioether (sulfide) groups is 1. The molecule has 0 aliphatic rings. The Balaban J connectivity index is 0.000000186. The fourth-order valence-electron chi connectivity index (χ4n) is 7.80. The summed E-state index contributed by atoms with van der Waals surface area (Å²) in [5.41, 5.74) is 13.6. The van der Waals surface area contributed by atoms with Crippen LogP contribution in [0.4, 0.5) is 0 Å². The van der Waals surface area contributed by atoms with Crippen LogP contribution in [0, 0.1) is 41.5 Å². The van der Waals surface area contributed by atoms with Crippen LogP contribution < -0.4 is 0 Å². The lowest BCUT2D eigenvalue weighted by Crippen LogP contribution is -2.05. The van der Waals surface area contributed by atoms with Gasteiger partial charge in [-0.15, -0.1) is 0 Å². The fourth-order valence-corrected chi connectivity index (χ4v) is 8.64. The van der Waals surface area contributed by atoms with E-state index in [0.717, 1.165) is 107 Å². The Morgan fingerprint density at radius 1 is 0.543 bits per heavy atom. The number of nitrogens with zero attached hydrogens (tertiary/aromatic N) is 10. The van der Waals surface area contributed by atoms with Crippen LogP contribution in [0.3, 0.4) is 0 Å². The van der Waals surface area contributed by atoms with E-state index in [1.807, 2.05) is 131 Å². The topological polar surface area (TPSA) is 242 Å². The summed E-state index contributed by atoms with van der Waals surface area (Å²) in [5.74, 6) is 1.46. The van der Waals surface area contributed by atoms with Crippen molar-refractivity contribution in [1.29, 1.82) is 0 Å². The van der Waals surface area contributed by atoms with E-state index in [0.29, 0.717) is 17.1 Å². The van der Waals surface area contributed by atoms with Gasteiger partial charge in [-0.05, 0) is 107 Å². The standard InChI is InChI=1S/C24H21N5O3S.C24H21N5OS.2O2S/c1-14-12-25-24(33(4,30)31)27-22(14)19-13-29(17-8-6-5-7-9-17)23-18(19)10-11-20(26-23)21-15(2)28-32-16(21)3;1-14-12-25-24(31-4)27-22(14)19-13-29(17-8-6-5-7-9-17)23-18(19)10-11-20(26-23)21-15(2)28-30-16(21)3;2*1-3-2/h5-13H,1-4H3;5-13H,1-4H3;;. The normalized spacial score (nSPS) is 11.0. The molecule has 0 aliphatic heterocycles. The molecule has 0 saturated heterocycles. The summed E-state index contributed by atoms with van der Waals surface area (Å²) in [6.07, 6.45) is 10.6. The number of aromatic nitrogens is 10. The molecular formula is C48H42N10O8S4. The molecule has 0 radical (unpaired) electrons. The van der Waals surface area contributed by atoms with E-state index in [4.69, 9.17) is 40.8 Å². The first-order valence-corrected chi connectivity index (χ1v) is 25.4. The molecule has 10 aromatic rings. The van der Waals surface area contributed by atoms with Crippen LogP contribution in [0.5, 0.6) is 0 Å². The second-order valence-corrected chi connectivity index (χ2v) is 18.5. The number of pyridine rings is 2. The zero-order valence-electron chi connectivity index (χ0n) is 38.8. The van der Waals surface area contributed by atoms with Gasteiger partial charge in [-0.1, -0.05) is 58.5 Å². The quantitative estimate of drug-likeness (QED) is 0.102. The predicted octanol–water partition coefficient (Wildman–Crippen LogP) is 8.91. The lowest BCUT2D eigenvalue weighted by Gasteiger charge is -2.06. The summed E-state index contributed by atoms with van der Waals surface area (Å²) < 4.78 is 72.2. The van der Waals surface area contributed by atoms with Crippen LogP contribution in [0.2, 0.25) is 0 Å². The SMILES string of the molecule is CSc1ncc(C)c(-c2cn(-c3ccccc3)c3nc(-c4c(C)noc4C)ccc23)n1.Cc1cnc(S(C)(=O)=O)nc1-c1cn(-c2ccccc2)c2nc(-c3c(C)noc3C)ccc12.O=S=O.O=S=O. The van der Waals surface area contributed by atoms with E-state index < -0.39 is 33.0 Å². The van der Waals surface area contributed by atoms with Gasteiger partial charge in [-0.2, -0.15) is 16.8 Å². The number of para-hydroxylation sites is 2. The first-order chi connectivity index (χ1) is 33.6. The third-order valence-corrected chi connectivity index (χ3v) is 12.3. The number of fused-ring (bicyclic) bond motifs is 2. The molecule has 70 heavy (non-hydrogen) atoms. The third kappa shape index (κ3) is 10.5. The van der Waals surface area contributed by atoms with Gasteiger partial charge in [0, 0.05) is 64.3 Å². The Labute approximate surface area is 412 Å². The van der Waals surface area contributed by atoms with Crippen molar-refractivity contribution in [1.82, 2.24) is 49.4 Å². The molecule has 0 fully saturated rings.